The summed E-state index contributed by atoms with van der Waals surface area (Å²) in [5, 5.41) is 3.00. The fraction of sp³-hybridized carbons (Fsp3) is 0.517. The van der Waals surface area contributed by atoms with Crippen LogP contribution in [0.3, 0.4) is 0 Å². The Morgan fingerprint density at radius 1 is 1.00 bits per heavy atom. The summed E-state index contributed by atoms with van der Waals surface area (Å²) in [5.41, 5.74) is 3.25. The zero-order valence-electron chi connectivity index (χ0n) is 22.2. The molecule has 0 saturated carbocycles. The molecule has 1 atom stereocenters. The van der Waals surface area contributed by atoms with E-state index in [9.17, 15) is 9.59 Å². The number of hydrogen-bond donors (Lipinski definition) is 1. The van der Waals surface area contributed by atoms with Crippen molar-refractivity contribution in [3.63, 3.8) is 0 Å². The van der Waals surface area contributed by atoms with Crippen molar-refractivity contribution in [1.29, 1.82) is 0 Å². The Balaban J connectivity index is 1.51. The molecule has 2 aromatic carbocycles. The van der Waals surface area contributed by atoms with Gasteiger partial charge in [-0.15, -0.1) is 0 Å². The predicted octanol–water partition coefficient (Wildman–Crippen LogP) is 5.72. The summed E-state index contributed by atoms with van der Waals surface area (Å²) in [6.07, 6.45) is 2.83. The van der Waals surface area contributed by atoms with Gasteiger partial charge in [0.25, 0.3) is 0 Å². The zero-order chi connectivity index (χ0) is 25.8. The summed E-state index contributed by atoms with van der Waals surface area (Å²) in [7, 11) is 0. The van der Waals surface area contributed by atoms with Crippen molar-refractivity contribution in [3.8, 4) is 5.75 Å². The van der Waals surface area contributed by atoms with Crippen molar-refractivity contribution < 1.29 is 19.1 Å². The Morgan fingerprint density at radius 2 is 1.66 bits per heavy atom. The van der Waals surface area contributed by atoms with Gasteiger partial charge in [0, 0.05) is 13.1 Å². The Morgan fingerprint density at radius 3 is 2.29 bits per heavy atom. The first-order chi connectivity index (χ1) is 16.3. The van der Waals surface area contributed by atoms with E-state index in [4.69, 9.17) is 9.47 Å². The molecule has 0 aromatic heterocycles. The van der Waals surface area contributed by atoms with Crippen LogP contribution < -0.4 is 10.1 Å². The highest BCUT2D eigenvalue weighted by atomic mass is 16.6. The average Bonchev–Trinajstić information content (AvgIpc) is 3.10. The minimum Gasteiger partial charge on any atom is -0.476 e. The minimum absolute atomic E-state index is 0.0160. The maximum absolute atomic E-state index is 12.4. The van der Waals surface area contributed by atoms with Crippen molar-refractivity contribution in [2.24, 2.45) is 0 Å². The Hall–Kier alpha value is -3.02. The van der Waals surface area contributed by atoms with Crippen LogP contribution in [0.4, 0.5) is 4.79 Å². The second-order valence-corrected chi connectivity index (χ2v) is 11.0. The highest BCUT2D eigenvalue weighted by Gasteiger charge is 2.35. The van der Waals surface area contributed by atoms with Crippen LogP contribution in [0.5, 0.6) is 5.75 Å². The van der Waals surface area contributed by atoms with Crippen LogP contribution in [0.2, 0.25) is 0 Å². The van der Waals surface area contributed by atoms with Gasteiger partial charge in [-0.25, -0.2) is 9.59 Å². The van der Waals surface area contributed by atoms with Crippen LogP contribution in [-0.2, 0) is 22.5 Å². The number of rotatable bonds is 9. The number of nitrogens with zero attached hydrogens (tertiary/aromatic N) is 1. The quantitative estimate of drug-likeness (QED) is 0.466. The first-order valence-electron chi connectivity index (χ1n) is 12.5. The normalized spacial score (nSPS) is 16.3. The maximum Gasteiger partial charge on any atom is 0.350 e. The number of carbonyl (C=O) groups is 2. The molecule has 1 aliphatic heterocycles. The SMILES string of the molecule is Cc1ccc(CN2C(=O)NCC2CCCc2ccc(OC(C)(C)C(=O)OC(C)(C)C)cc2)cc1C. The molecule has 2 aromatic rings. The van der Waals surface area contributed by atoms with Crippen LogP contribution >= 0.6 is 0 Å². The number of benzene rings is 2. The molecule has 35 heavy (non-hydrogen) atoms. The fourth-order valence-corrected chi connectivity index (χ4v) is 4.14. The van der Waals surface area contributed by atoms with Gasteiger partial charge in [0.15, 0.2) is 5.60 Å². The molecular formula is C29H40N2O4. The molecule has 0 spiro atoms. The largest absolute Gasteiger partial charge is 0.476 e. The molecule has 1 unspecified atom stereocenters. The number of nitrogens with one attached hydrogen (secondary N) is 1. The van der Waals surface area contributed by atoms with E-state index in [1.54, 1.807) is 13.8 Å². The van der Waals surface area contributed by atoms with Gasteiger partial charge in [0.1, 0.15) is 11.4 Å². The third kappa shape index (κ3) is 7.48. The number of urea groups is 1. The zero-order valence-corrected chi connectivity index (χ0v) is 22.2. The highest BCUT2D eigenvalue weighted by Crippen LogP contribution is 2.24. The summed E-state index contributed by atoms with van der Waals surface area (Å²) in [6, 6.07) is 14.5. The summed E-state index contributed by atoms with van der Waals surface area (Å²) in [6.45, 7) is 14.5. The first kappa shape index (κ1) is 26.6. The van der Waals surface area contributed by atoms with E-state index in [1.807, 2.05) is 49.9 Å². The second-order valence-electron chi connectivity index (χ2n) is 11.0. The smallest absolute Gasteiger partial charge is 0.350 e. The van der Waals surface area contributed by atoms with E-state index in [0.29, 0.717) is 18.8 Å². The Bertz CT molecular complexity index is 1040. The van der Waals surface area contributed by atoms with Gasteiger partial charge in [-0.2, -0.15) is 0 Å². The number of ether oxygens (including phenoxy) is 2. The lowest BCUT2D eigenvalue weighted by Crippen LogP contribution is -2.43. The summed E-state index contributed by atoms with van der Waals surface area (Å²) in [4.78, 5) is 26.8. The molecular weight excluding hydrogens is 440 g/mol. The van der Waals surface area contributed by atoms with Crippen molar-refractivity contribution in [2.45, 2.75) is 91.5 Å². The monoisotopic (exact) mass is 480 g/mol. The number of carbonyl (C=O) groups excluding carboxylic acids is 2. The van der Waals surface area contributed by atoms with E-state index < -0.39 is 11.2 Å². The number of amides is 2. The molecule has 1 aliphatic rings. The lowest BCUT2D eigenvalue weighted by atomic mass is 10.0. The van der Waals surface area contributed by atoms with Gasteiger partial charge < -0.3 is 19.7 Å². The van der Waals surface area contributed by atoms with Crippen molar-refractivity contribution >= 4 is 12.0 Å². The van der Waals surface area contributed by atoms with Crippen LogP contribution in [0.25, 0.3) is 0 Å². The molecule has 1 saturated heterocycles. The van der Waals surface area contributed by atoms with Crippen LogP contribution in [0.15, 0.2) is 42.5 Å². The molecule has 1 N–H and O–H groups in total. The molecule has 6 heteroatoms. The molecule has 0 radical (unpaired) electrons. The fourth-order valence-electron chi connectivity index (χ4n) is 4.14. The van der Waals surface area contributed by atoms with Gasteiger partial charge in [0.2, 0.25) is 0 Å². The standard InChI is InChI=1S/C29H40N2O4/c1-20-11-12-23(17-21(20)2)19-31-24(18-30-27(31)33)10-8-9-22-13-15-25(16-14-22)34-29(6,7)26(32)35-28(3,4)5/h11-17,24H,8-10,18-19H2,1-7H3,(H,30,33). The average molecular weight is 481 g/mol. The van der Waals surface area contributed by atoms with Crippen molar-refractivity contribution in [2.75, 3.05) is 6.54 Å². The predicted molar refractivity (Wildman–Crippen MR) is 139 cm³/mol. The van der Waals surface area contributed by atoms with E-state index in [-0.39, 0.29) is 18.0 Å². The highest BCUT2D eigenvalue weighted by molar-refractivity contribution is 5.79. The summed E-state index contributed by atoms with van der Waals surface area (Å²) >= 11 is 0. The first-order valence-corrected chi connectivity index (χ1v) is 12.5. The van der Waals surface area contributed by atoms with Gasteiger partial charge >= 0.3 is 12.0 Å². The van der Waals surface area contributed by atoms with E-state index in [1.165, 1.54) is 22.3 Å². The van der Waals surface area contributed by atoms with Crippen LogP contribution in [-0.4, -0.2) is 40.7 Å². The molecule has 0 aliphatic carbocycles. The molecule has 6 nitrogen and oxygen atoms in total. The topological polar surface area (TPSA) is 67.9 Å². The van der Waals surface area contributed by atoms with Crippen LogP contribution in [0, 0.1) is 13.8 Å². The van der Waals surface area contributed by atoms with E-state index >= 15 is 0 Å². The maximum atomic E-state index is 12.4. The Labute approximate surface area is 210 Å². The molecule has 0 bridgehead atoms. The van der Waals surface area contributed by atoms with E-state index in [2.05, 4.69) is 37.4 Å². The van der Waals surface area contributed by atoms with Crippen LogP contribution in [0.1, 0.15) is 69.7 Å². The van der Waals surface area contributed by atoms with E-state index in [0.717, 1.165) is 19.3 Å². The minimum atomic E-state index is -1.07. The Kier molecular flexibility index (Phi) is 8.14. The number of aryl methyl sites for hydroxylation is 3. The molecule has 1 fully saturated rings. The molecule has 190 valence electrons. The summed E-state index contributed by atoms with van der Waals surface area (Å²) < 4.78 is 11.4. The third-order valence-electron chi connectivity index (χ3n) is 6.30. The van der Waals surface area contributed by atoms with Gasteiger partial charge in [-0.05, 0) is 102 Å². The van der Waals surface area contributed by atoms with Gasteiger partial charge in [-0.1, -0.05) is 30.3 Å². The number of esters is 1. The lowest BCUT2D eigenvalue weighted by Gasteiger charge is -2.29. The van der Waals surface area contributed by atoms with Gasteiger partial charge in [-0.3, -0.25) is 0 Å². The summed E-state index contributed by atoms with van der Waals surface area (Å²) in [5.74, 6) is 0.244. The van der Waals surface area contributed by atoms with Crippen molar-refractivity contribution in [1.82, 2.24) is 10.2 Å². The molecule has 3 rings (SSSR count). The van der Waals surface area contributed by atoms with Crippen molar-refractivity contribution in [3.05, 3.63) is 64.7 Å². The molecule has 1 heterocycles. The van der Waals surface area contributed by atoms with Gasteiger partial charge in [0.05, 0.1) is 6.04 Å². The lowest BCUT2D eigenvalue weighted by molar-refractivity contribution is -0.170. The third-order valence-corrected chi connectivity index (χ3v) is 6.30. The number of hydrogen-bond acceptors (Lipinski definition) is 4. The second kappa shape index (κ2) is 10.7. The molecule has 2 amide bonds.